The molecule has 0 aliphatic carbocycles. The standard InChI is InChI=1S/C23H20N2O5/c1-13-4-6-16(7-5-13)21(26)19-20(15-8-10-17(29-3)11-9-15)25(23(28)22(19)27)18-12-14(2)30-24-18/h4-12,20,26H,1-3H3/t20-/m0/s1. The number of benzene rings is 2. The van der Waals surface area contributed by atoms with Crippen molar-refractivity contribution in [3.63, 3.8) is 0 Å². The second-order valence-electron chi connectivity index (χ2n) is 7.10. The lowest BCUT2D eigenvalue weighted by Crippen LogP contribution is -2.29. The molecule has 1 amide bonds. The van der Waals surface area contributed by atoms with Gasteiger partial charge in [0.2, 0.25) is 0 Å². The molecular formula is C23H20N2O5. The molecule has 1 aliphatic heterocycles. The normalized spacial score (nSPS) is 18.1. The number of methoxy groups -OCH3 is 1. The minimum Gasteiger partial charge on any atom is -0.507 e. The number of Topliss-reactive ketones (excluding diaryl/α,β-unsaturated/α-hetero) is 1. The van der Waals surface area contributed by atoms with Crippen LogP contribution in [0.5, 0.6) is 5.75 Å². The molecule has 2 aromatic carbocycles. The molecule has 3 aromatic rings. The van der Waals surface area contributed by atoms with Crippen molar-refractivity contribution in [3.8, 4) is 5.75 Å². The Kier molecular flexibility index (Phi) is 4.87. The van der Waals surface area contributed by atoms with Crippen LogP contribution in [0.2, 0.25) is 0 Å². The van der Waals surface area contributed by atoms with Crippen LogP contribution >= 0.6 is 0 Å². The van der Waals surface area contributed by atoms with Crippen molar-refractivity contribution in [2.24, 2.45) is 0 Å². The van der Waals surface area contributed by atoms with Crippen molar-refractivity contribution >= 4 is 23.3 Å². The monoisotopic (exact) mass is 404 g/mol. The maximum atomic E-state index is 13.0. The smallest absolute Gasteiger partial charge is 0.301 e. The van der Waals surface area contributed by atoms with Gasteiger partial charge in [0.25, 0.3) is 5.78 Å². The summed E-state index contributed by atoms with van der Waals surface area (Å²) in [6.07, 6.45) is 0. The number of ketones is 1. The van der Waals surface area contributed by atoms with Crippen molar-refractivity contribution in [1.82, 2.24) is 5.16 Å². The molecule has 0 radical (unpaired) electrons. The number of carbonyl (C=O) groups excluding carboxylic acids is 2. The number of rotatable bonds is 4. The maximum Gasteiger partial charge on any atom is 0.301 e. The second-order valence-corrected chi connectivity index (χ2v) is 7.10. The fraction of sp³-hybridized carbons (Fsp3) is 0.174. The van der Waals surface area contributed by atoms with Gasteiger partial charge in [-0.15, -0.1) is 0 Å². The predicted molar refractivity (Wildman–Crippen MR) is 110 cm³/mol. The first-order valence-electron chi connectivity index (χ1n) is 9.36. The second kappa shape index (κ2) is 7.51. The van der Waals surface area contributed by atoms with Gasteiger partial charge < -0.3 is 14.4 Å². The topological polar surface area (TPSA) is 92.9 Å². The molecule has 1 fully saturated rings. The number of aliphatic hydroxyl groups is 1. The molecule has 0 unspecified atom stereocenters. The number of nitrogens with zero attached hydrogens (tertiary/aromatic N) is 2. The first-order chi connectivity index (χ1) is 14.4. The number of aliphatic hydroxyl groups excluding tert-OH is 1. The summed E-state index contributed by atoms with van der Waals surface area (Å²) in [5.74, 6) is -0.465. The highest BCUT2D eigenvalue weighted by Gasteiger charge is 2.48. The summed E-state index contributed by atoms with van der Waals surface area (Å²) in [7, 11) is 1.55. The molecule has 0 bridgehead atoms. The Bertz CT molecular complexity index is 1140. The number of ether oxygens (including phenoxy) is 1. The molecule has 0 spiro atoms. The van der Waals surface area contributed by atoms with Gasteiger partial charge in [0.15, 0.2) is 5.82 Å². The van der Waals surface area contributed by atoms with Crippen molar-refractivity contribution in [1.29, 1.82) is 0 Å². The van der Waals surface area contributed by atoms with Crippen LogP contribution in [-0.4, -0.2) is 29.1 Å². The summed E-state index contributed by atoms with van der Waals surface area (Å²) in [4.78, 5) is 27.2. The number of aryl methyl sites for hydroxylation is 2. The number of amides is 1. The Hall–Kier alpha value is -3.87. The Labute approximate surface area is 173 Å². The summed E-state index contributed by atoms with van der Waals surface area (Å²) in [5.41, 5.74) is 2.09. The van der Waals surface area contributed by atoms with E-state index in [1.54, 1.807) is 56.5 Å². The van der Waals surface area contributed by atoms with Crippen LogP contribution in [0.25, 0.3) is 5.76 Å². The Morgan fingerprint density at radius 3 is 2.30 bits per heavy atom. The first kappa shape index (κ1) is 19.4. The lowest BCUT2D eigenvalue weighted by Gasteiger charge is -2.23. The van der Waals surface area contributed by atoms with E-state index in [0.29, 0.717) is 22.6 Å². The fourth-order valence-electron chi connectivity index (χ4n) is 3.50. The van der Waals surface area contributed by atoms with Crippen LogP contribution in [0.3, 0.4) is 0 Å². The fourth-order valence-corrected chi connectivity index (χ4v) is 3.50. The van der Waals surface area contributed by atoms with E-state index in [0.717, 1.165) is 5.56 Å². The predicted octanol–water partition coefficient (Wildman–Crippen LogP) is 3.93. The van der Waals surface area contributed by atoms with E-state index in [-0.39, 0.29) is 17.2 Å². The molecule has 1 aliphatic rings. The molecule has 7 heteroatoms. The van der Waals surface area contributed by atoms with Gasteiger partial charge in [-0.05, 0) is 31.5 Å². The van der Waals surface area contributed by atoms with E-state index in [1.165, 1.54) is 4.90 Å². The molecule has 1 N–H and O–H groups in total. The van der Waals surface area contributed by atoms with E-state index in [2.05, 4.69) is 5.16 Å². The molecule has 2 heterocycles. The molecule has 4 rings (SSSR count). The van der Waals surface area contributed by atoms with Gasteiger partial charge in [-0.25, -0.2) is 0 Å². The minimum absolute atomic E-state index is 0.00493. The van der Waals surface area contributed by atoms with Crippen LogP contribution in [0.4, 0.5) is 5.82 Å². The van der Waals surface area contributed by atoms with Gasteiger partial charge in [-0.1, -0.05) is 47.1 Å². The van der Waals surface area contributed by atoms with Gasteiger partial charge >= 0.3 is 5.91 Å². The Morgan fingerprint density at radius 1 is 1.07 bits per heavy atom. The molecular weight excluding hydrogens is 384 g/mol. The van der Waals surface area contributed by atoms with Crippen LogP contribution in [0.15, 0.2) is 64.7 Å². The third-order valence-corrected chi connectivity index (χ3v) is 5.06. The number of hydrogen-bond acceptors (Lipinski definition) is 6. The van der Waals surface area contributed by atoms with E-state index in [9.17, 15) is 14.7 Å². The van der Waals surface area contributed by atoms with E-state index >= 15 is 0 Å². The Morgan fingerprint density at radius 2 is 1.73 bits per heavy atom. The minimum atomic E-state index is -0.860. The van der Waals surface area contributed by atoms with Gasteiger partial charge in [0.1, 0.15) is 17.3 Å². The lowest BCUT2D eigenvalue weighted by molar-refractivity contribution is -0.132. The molecule has 0 saturated carbocycles. The Balaban J connectivity index is 1.92. The third kappa shape index (κ3) is 3.24. The van der Waals surface area contributed by atoms with E-state index in [1.807, 2.05) is 19.1 Å². The number of anilines is 1. The van der Waals surface area contributed by atoms with Crippen molar-refractivity contribution in [2.75, 3.05) is 12.0 Å². The molecule has 1 saturated heterocycles. The zero-order valence-electron chi connectivity index (χ0n) is 16.7. The third-order valence-electron chi connectivity index (χ3n) is 5.06. The highest BCUT2D eigenvalue weighted by atomic mass is 16.5. The van der Waals surface area contributed by atoms with Crippen LogP contribution < -0.4 is 9.64 Å². The zero-order valence-corrected chi connectivity index (χ0v) is 16.7. The number of hydrogen-bond donors (Lipinski definition) is 1. The average Bonchev–Trinajstić information content (AvgIpc) is 3.29. The van der Waals surface area contributed by atoms with Crippen molar-refractivity contribution in [3.05, 3.63) is 82.6 Å². The molecule has 1 aromatic heterocycles. The van der Waals surface area contributed by atoms with Gasteiger partial charge in [0.05, 0.1) is 18.7 Å². The molecule has 1 atom stereocenters. The quantitative estimate of drug-likeness (QED) is 0.402. The molecule has 30 heavy (non-hydrogen) atoms. The maximum absolute atomic E-state index is 13.0. The van der Waals surface area contributed by atoms with Crippen molar-refractivity contribution in [2.45, 2.75) is 19.9 Å². The molecule has 152 valence electrons. The van der Waals surface area contributed by atoms with Crippen LogP contribution in [0.1, 0.15) is 28.5 Å². The first-order valence-corrected chi connectivity index (χ1v) is 9.36. The van der Waals surface area contributed by atoms with Crippen LogP contribution in [-0.2, 0) is 9.59 Å². The largest absolute Gasteiger partial charge is 0.507 e. The zero-order chi connectivity index (χ0) is 21.4. The summed E-state index contributed by atoms with van der Waals surface area (Å²) in [5, 5.41) is 14.9. The van der Waals surface area contributed by atoms with Gasteiger partial charge in [-0.2, -0.15) is 0 Å². The molecule has 7 nitrogen and oxygen atoms in total. The van der Waals surface area contributed by atoms with E-state index in [4.69, 9.17) is 9.26 Å². The highest BCUT2D eigenvalue weighted by Crippen LogP contribution is 2.42. The average molecular weight is 404 g/mol. The SMILES string of the molecule is COc1ccc([C@H]2C(=C(O)c3ccc(C)cc3)C(=O)C(=O)N2c2cc(C)on2)cc1. The summed E-state index contributed by atoms with van der Waals surface area (Å²) in [6.45, 7) is 3.62. The summed E-state index contributed by atoms with van der Waals surface area (Å²) in [6, 6.07) is 14.8. The van der Waals surface area contributed by atoms with Crippen LogP contribution in [0, 0.1) is 13.8 Å². The van der Waals surface area contributed by atoms with Gasteiger partial charge in [0, 0.05) is 11.6 Å². The summed E-state index contributed by atoms with van der Waals surface area (Å²) < 4.78 is 10.3. The number of aromatic nitrogens is 1. The highest BCUT2D eigenvalue weighted by molar-refractivity contribution is 6.51. The van der Waals surface area contributed by atoms with E-state index < -0.39 is 17.7 Å². The lowest BCUT2D eigenvalue weighted by atomic mass is 9.95. The summed E-state index contributed by atoms with van der Waals surface area (Å²) >= 11 is 0. The number of carbonyl (C=O) groups is 2. The van der Waals surface area contributed by atoms with Crippen molar-refractivity contribution < 1.29 is 24.0 Å². The van der Waals surface area contributed by atoms with Gasteiger partial charge in [-0.3, -0.25) is 14.5 Å².